The zero-order chi connectivity index (χ0) is 17.8. The van der Waals surface area contributed by atoms with Gasteiger partial charge in [0.2, 0.25) is 5.78 Å². The minimum absolute atomic E-state index is 0.0166. The maximum atomic E-state index is 12.5. The van der Waals surface area contributed by atoms with Gasteiger partial charge in [-0.15, -0.1) is 0 Å². The largest absolute Gasteiger partial charge is 0.489 e. The Hall–Kier alpha value is -3.19. The van der Waals surface area contributed by atoms with E-state index in [0.29, 0.717) is 17.9 Å². The first-order chi connectivity index (χ1) is 12.0. The summed E-state index contributed by atoms with van der Waals surface area (Å²) < 4.78 is 5.66. The highest BCUT2D eigenvalue weighted by Gasteiger charge is 2.23. The molecule has 1 heterocycles. The Kier molecular flexibility index (Phi) is 4.76. The van der Waals surface area contributed by atoms with Crippen molar-refractivity contribution in [3.63, 3.8) is 0 Å². The Balaban J connectivity index is 1.74. The standard InChI is InChI=1S/C18H14N2O4S/c19-18-20-14(17(22)23)16(25-18)15(21)12-6-8-13(9-7-12)24-10-11-4-2-1-3-5-11/h1-9H,10H2,(H2,19,20)(H,22,23). The first kappa shape index (κ1) is 16.7. The van der Waals surface area contributed by atoms with Crippen LogP contribution in [0.1, 0.15) is 31.3 Å². The molecule has 3 aromatic rings. The van der Waals surface area contributed by atoms with Crippen LogP contribution < -0.4 is 10.5 Å². The molecular formula is C18H14N2O4S. The van der Waals surface area contributed by atoms with Crippen molar-refractivity contribution in [3.8, 4) is 5.75 Å². The van der Waals surface area contributed by atoms with Crippen LogP contribution >= 0.6 is 11.3 Å². The summed E-state index contributed by atoms with van der Waals surface area (Å²) in [5.41, 5.74) is 6.58. The van der Waals surface area contributed by atoms with Crippen molar-refractivity contribution >= 4 is 28.2 Å². The molecule has 0 aliphatic carbocycles. The fourth-order valence-electron chi connectivity index (χ4n) is 2.21. The fourth-order valence-corrected chi connectivity index (χ4v) is 3.00. The van der Waals surface area contributed by atoms with Gasteiger partial charge in [-0.25, -0.2) is 9.78 Å². The molecule has 0 saturated carbocycles. The Morgan fingerprint density at radius 1 is 1.08 bits per heavy atom. The number of carboxylic acid groups (broad SMARTS) is 1. The minimum atomic E-state index is -1.28. The van der Waals surface area contributed by atoms with Gasteiger partial charge in [-0.1, -0.05) is 41.7 Å². The van der Waals surface area contributed by atoms with Gasteiger partial charge in [0, 0.05) is 5.56 Å². The fraction of sp³-hybridized carbons (Fsp3) is 0.0556. The number of nitrogen functional groups attached to an aromatic ring is 1. The first-order valence-electron chi connectivity index (χ1n) is 7.35. The molecular weight excluding hydrogens is 340 g/mol. The number of nitrogens with zero attached hydrogens (tertiary/aromatic N) is 1. The average molecular weight is 354 g/mol. The number of hydrogen-bond donors (Lipinski definition) is 2. The van der Waals surface area contributed by atoms with Crippen molar-refractivity contribution in [2.75, 3.05) is 5.73 Å². The highest BCUT2D eigenvalue weighted by atomic mass is 32.1. The topological polar surface area (TPSA) is 103 Å². The maximum absolute atomic E-state index is 12.5. The maximum Gasteiger partial charge on any atom is 0.356 e. The molecule has 2 aromatic carbocycles. The zero-order valence-corrected chi connectivity index (χ0v) is 13.8. The van der Waals surface area contributed by atoms with Gasteiger partial charge in [0.05, 0.1) is 0 Å². The summed E-state index contributed by atoms with van der Waals surface area (Å²) in [6, 6.07) is 16.2. The smallest absolute Gasteiger partial charge is 0.356 e. The number of carboxylic acids is 1. The van der Waals surface area contributed by atoms with E-state index in [2.05, 4.69) is 4.98 Å². The van der Waals surface area contributed by atoms with Crippen LogP contribution in [0.2, 0.25) is 0 Å². The van der Waals surface area contributed by atoms with E-state index in [1.165, 1.54) is 0 Å². The number of ether oxygens (including phenoxy) is 1. The van der Waals surface area contributed by atoms with E-state index in [9.17, 15) is 9.59 Å². The number of carbonyl (C=O) groups is 2. The van der Waals surface area contributed by atoms with Crippen molar-refractivity contribution in [1.29, 1.82) is 0 Å². The highest BCUT2D eigenvalue weighted by Crippen LogP contribution is 2.25. The van der Waals surface area contributed by atoms with Crippen LogP contribution in [0.5, 0.6) is 5.75 Å². The van der Waals surface area contributed by atoms with Gasteiger partial charge in [-0.3, -0.25) is 4.79 Å². The van der Waals surface area contributed by atoms with Crippen molar-refractivity contribution in [3.05, 3.63) is 76.3 Å². The van der Waals surface area contributed by atoms with E-state index in [4.69, 9.17) is 15.6 Å². The van der Waals surface area contributed by atoms with E-state index in [1.807, 2.05) is 30.3 Å². The molecule has 1 aromatic heterocycles. The van der Waals surface area contributed by atoms with E-state index in [1.54, 1.807) is 24.3 Å². The summed E-state index contributed by atoms with van der Waals surface area (Å²) in [5, 5.41) is 9.16. The third-order valence-electron chi connectivity index (χ3n) is 3.42. The molecule has 0 unspecified atom stereocenters. The summed E-state index contributed by atoms with van der Waals surface area (Å²) >= 11 is 0.862. The van der Waals surface area contributed by atoms with E-state index < -0.39 is 11.8 Å². The lowest BCUT2D eigenvalue weighted by Gasteiger charge is -2.07. The Bertz CT molecular complexity index is 905. The number of ketones is 1. The number of hydrogen-bond acceptors (Lipinski definition) is 6. The second-order valence-electron chi connectivity index (χ2n) is 5.16. The molecule has 6 nitrogen and oxygen atoms in total. The lowest BCUT2D eigenvalue weighted by Crippen LogP contribution is -2.07. The van der Waals surface area contributed by atoms with Crippen LogP contribution in [-0.4, -0.2) is 21.8 Å². The summed E-state index contributed by atoms with van der Waals surface area (Å²) in [6.45, 7) is 0.419. The number of carbonyl (C=O) groups excluding carboxylic acids is 1. The zero-order valence-electron chi connectivity index (χ0n) is 13.0. The monoisotopic (exact) mass is 354 g/mol. The molecule has 0 radical (unpaired) electrons. The molecule has 126 valence electrons. The molecule has 3 N–H and O–H groups in total. The number of anilines is 1. The lowest BCUT2D eigenvalue weighted by molar-refractivity contribution is 0.0687. The van der Waals surface area contributed by atoms with Gasteiger partial charge >= 0.3 is 5.97 Å². The second kappa shape index (κ2) is 7.14. The number of aromatic carboxylic acids is 1. The predicted molar refractivity (Wildman–Crippen MR) is 94.1 cm³/mol. The predicted octanol–water partition coefficient (Wildman–Crippen LogP) is 3.23. The van der Waals surface area contributed by atoms with Gasteiger partial charge < -0.3 is 15.6 Å². The third kappa shape index (κ3) is 3.84. The third-order valence-corrected chi connectivity index (χ3v) is 4.30. The van der Waals surface area contributed by atoms with Gasteiger partial charge in [0.25, 0.3) is 0 Å². The Labute approximate surface area is 147 Å². The van der Waals surface area contributed by atoms with Gasteiger partial charge in [0.15, 0.2) is 10.8 Å². The molecule has 7 heteroatoms. The van der Waals surface area contributed by atoms with Crippen LogP contribution in [0.3, 0.4) is 0 Å². The molecule has 0 aliphatic rings. The summed E-state index contributed by atoms with van der Waals surface area (Å²) in [4.78, 5) is 27.4. The molecule has 0 spiro atoms. The van der Waals surface area contributed by atoms with Crippen LogP contribution in [0.15, 0.2) is 54.6 Å². The first-order valence-corrected chi connectivity index (χ1v) is 8.17. The normalized spacial score (nSPS) is 10.4. The molecule has 0 fully saturated rings. The number of thiazole rings is 1. The van der Waals surface area contributed by atoms with E-state index >= 15 is 0 Å². The lowest BCUT2D eigenvalue weighted by atomic mass is 10.1. The highest BCUT2D eigenvalue weighted by molar-refractivity contribution is 7.17. The summed E-state index contributed by atoms with van der Waals surface area (Å²) in [5.74, 6) is -1.09. The van der Waals surface area contributed by atoms with Crippen LogP contribution in [-0.2, 0) is 6.61 Å². The molecule has 0 aliphatic heterocycles. The van der Waals surface area contributed by atoms with E-state index in [0.717, 1.165) is 16.9 Å². The van der Waals surface area contributed by atoms with Crippen molar-refractivity contribution in [1.82, 2.24) is 4.98 Å². The Morgan fingerprint density at radius 2 is 1.76 bits per heavy atom. The number of rotatable bonds is 6. The average Bonchev–Trinajstić information content (AvgIpc) is 3.03. The van der Waals surface area contributed by atoms with Gasteiger partial charge in [-0.05, 0) is 29.8 Å². The molecule has 0 saturated heterocycles. The van der Waals surface area contributed by atoms with Crippen LogP contribution in [0, 0.1) is 0 Å². The van der Waals surface area contributed by atoms with Gasteiger partial charge in [-0.2, -0.15) is 0 Å². The minimum Gasteiger partial charge on any atom is -0.489 e. The molecule has 0 amide bonds. The quantitative estimate of drug-likeness (QED) is 0.659. The molecule has 0 bridgehead atoms. The van der Waals surface area contributed by atoms with Crippen LogP contribution in [0.25, 0.3) is 0 Å². The molecule has 25 heavy (non-hydrogen) atoms. The van der Waals surface area contributed by atoms with Gasteiger partial charge in [0.1, 0.15) is 17.2 Å². The Morgan fingerprint density at radius 3 is 2.40 bits per heavy atom. The summed E-state index contributed by atoms with van der Waals surface area (Å²) in [7, 11) is 0. The number of benzene rings is 2. The van der Waals surface area contributed by atoms with Crippen molar-refractivity contribution in [2.24, 2.45) is 0 Å². The number of aromatic nitrogens is 1. The summed E-state index contributed by atoms with van der Waals surface area (Å²) in [6.07, 6.45) is 0. The van der Waals surface area contributed by atoms with Crippen molar-refractivity contribution in [2.45, 2.75) is 6.61 Å². The molecule has 3 rings (SSSR count). The molecule has 0 atom stereocenters. The van der Waals surface area contributed by atoms with E-state index in [-0.39, 0.29) is 15.7 Å². The SMILES string of the molecule is Nc1nc(C(=O)O)c(C(=O)c2ccc(OCc3ccccc3)cc2)s1. The second-order valence-corrected chi connectivity index (χ2v) is 6.19. The van der Waals surface area contributed by atoms with Crippen molar-refractivity contribution < 1.29 is 19.4 Å². The number of nitrogens with two attached hydrogens (primary N) is 1. The van der Waals surface area contributed by atoms with Crippen LogP contribution in [0.4, 0.5) is 5.13 Å².